The molecule has 1 aromatic carbocycles. The van der Waals surface area contributed by atoms with Gasteiger partial charge in [0.25, 0.3) is 0 Å². The van der Waals surface area contributed by atoms with Crippen molar-refractivity contribution in [2.24, 2.45) is 0 Å². The average Bonchev–Trinajstić information content (AvgIpc) is 2.98. The van der Waals surface area contributed by atoms with Gasteiger partial charge < -0.3 is 0 Å². The zero-order chi connectivity index (χ0) is 14.1. The van der Waals surface area contributed by atoms with E-state index in [1.54, 1.807) is 12.1 Å². The van der Waals surface area contributed by atoms with E-state index in [-0.39, 0.29) is 5.82 Å². The number of hydrogen-bond acceptors (Lipinski definition) is 2. The number of benzene rings is 1. The molecule has 2 atom stereocenters. The molecular formula is C16H20FN3. The molecule has 0 saturated carbocycles. The van der Waals surface area contributed by atoms with Crippen LogP contribution in [0.3, 0.4) is 0 Å². The van der Waals surface area contributed by atoms with Gasteiger partial charge >= 0.3 is 0 Å². The van der Waals surface area contributed by atoms with Gasteiger partial charge in [-0.1, -0.05) is 12.1 Å². The van der Waals surface area contributed by atoms with E-state index in [2.05, 4.69) is 28.1 Å². The van der Waals surface area contributed by atoms with Crippen LogP contribution >= 0.6 is 0 Å². The molecule has 20 heavy (non-hydrogen) atoms. The van der Waals surface area contributed by atoms with Crippen molar-refractivity contribution in [3.05, 3.63) is 53.1 Å². The Morgan fingerprint density at radius 1 is 1.35 bits per heavy atom. The molecule has 0 spiro atoms. The van der Waals surface area contributed by atoms with Crippen LogP contribution in [0.2, 0.25) is 0 Å². The lowest BCUT2D eigenvalue weighted by Crippen LogP contribution is -2.26. The van der Waals surface area contributed by atoms with E-state index in [0.717, 1.165) is 30.9 Å². The van der Waals surface area contributed by atoms with Crippen molar-refractivity contribution in [3.8, 4) is 0 Å². The molecule has 1 aromatic heterocycles. The molecule has 1 aliphatic heterocycles. The zero-order valence-electron chi connectivity index (χ0n) is 11.9. The second-order valence-corrected chi connectivity index (χ2v) is 5.80. The van der Waals surface area contributed by atoms with Crippen LogP contribution in [0.5, 0.6) is 0 Å². The standard InChI is InChI=1S/C16H20FN3/c1-11-7-16(19-18-11)10-20-9-14(8-12(20)2)13-3-5-15(17)6-4-13/h3-7,12,14H,8-10H2,1-2H3,(H,18,19). The predicted octanol–water partition coefficient (Wildman–Crippen LogP) is 3.24. The van der Waals surface area contributed by atoms with Crippen LogP contribution in [0.4, 0.5) is 4.39 Å². The quantitative estimate of drug-likeness (QED) is 0.931. The van der Waals surface area contributed by atoms with E-state index in [9.17, 15) is 4.39 Å². The minimum absolute atomic E-state index is 0.163. The molecule has 2 unspecified atom stereocenters. The fourth-order valence-electron chi connectivity index (χ4n) is 3.06. The Bertz CT molecular complexity index is 576. The molecule has 0 amide bonds. The normalized spacial score (nSPS) is 23.4. The van der Waals surface area contributed by atoms with Gasteiger partial charge in [0.2, 0.25) is 0 Å². The highest BCUT2D eigenvalue weighted by Gasteiger charge is 2.30. The van der Waals surface area contributed by atoms with Crippen LogP contribution in [0.15, 0.2) is 30.3 Å². The molecule has 3 nitrogen and oxygen atoms in total. The van der Waals surface area contributed by atoms with Gasteiger partial charge in [0, 0.05) is 24.8 Å². The number of nitrogens with one attached hydrogen (secondary N) is 1. The molecule has 0 aliphatic carbocycles. The van der Waals surface area contributed by atoms with Gasteiger partial charge in [-0.15, -0.1) is 0 Å². The number of rotatable bonds is 3. The summed E-state index contributed by atoms with van der Waals surface area (Å²) in [6, 6.07) is 9.56. The van der Waals surface area contributed by atoms with E-state index in [0.29, 0.717) is 12.0 Å². The molecular weight excluding hydrogens is 253 g/mol. The van der Waals surface area contributed by atoms with Gasteiger partial charge in [-0.2, -0.15) is 5.10 Å². The highest BCUT2D eigenvalue weighted by Crippen LogP contribution is 2.32. The van der Waals surface area contributed by atoms with Crippen LogP contribution in [-0.2, 0) is 6.54 Å². The number of hydrogen-bond donors (Lipinski definition) is 1. The number of nitrogens with zero attached hydrogens (tertiary/aromatic N) is 2. The minimum Gasteiger partial charge on any atom is -0.294 e. The van der Waals surface area contributed by atoms with Gasteiger partial charge in [-0.25, -0.2) is 4.39 Å². The summed E-state index contributed by atoms with van der Waals surface area (Å²) in [7, 11) is 0. The molecule has 1 fully saturated rings. The van der Waals surface area contributed by atoms with Crippen LogP contribution < -0.4 is 0 Å². The van der Waals surface area contributed by atoms with Crippen LogP contribution in [-0.4, -0.2) is 27.7 Å². The van der Waals surface area contributed by atoms with Crippen molar-refractivity contribution in [1.29, 1.82) is 0 Å². The molecule has 2 aromatic rings. The lowest BCUT2D eigenvalue weighted by Gasteiger charge is -2.19. The summed E-state index contributed by atoms with van der Waals surface area (Å²) in [5, 5.41) is 7.30. The van der Waals surface area contributed by atoms with E-state index < -0.39 is 0 Å². The van der Waals surface area contributed by atoms with Gasteiger partial charge in [-0.3, -0.25) is 10.00 Å². The number of aromatic nitrogens is 2. The van der Waals surface area contributed by atoms with Gasteiger partial charge in [0.15, 0.2) is 0 Å². The summed E-state index contributed by atoms with van der Waals surface area (Å²) in [5.41, 5.74) is 3.43. The number of halogens is 1. The van der Waals surface area contributed by atoms with Gasteiger partial charge in [0.1, 0.15) is 5.82 Å². The van der Waals surface area contributed by atoms with Crippen LogP contribution in [0, 0.1) is 12.7 Å². The summed E-state index contributed by atoms with van der Waals surface area (Å²) in [6.45, 7) is 6.16. The topological polar surface area (TPSA) is 31.9 Å². The summed E-state index contributed by atoms with van der Waals surface area (Å²) in [5.74, 6) is 0.328. The summed E-state index contributed by atoms with van der Waals surface area (Å²) < 4.78 is 13.0. The Morgan fingerprint density at radius 2 is 2.10 bits per heavy atom. The first-order valence-corrected chi connectivity index (χ1v) is 7.12. The molecule has 3 rings (SSSR count). The molecule has 1 aliphatic rings. The first-order valence-electron chi connectivity index (χ1n) is 7.12. The second kappa shape index (κ2) is 5.37. The van der Waals surface area contributed by atoms with Crippen molar-refractivity contribution in [2.75, 3.05) is 6.54 Å². The lowest BCUT2D eigenvalue weighted by atomic mass is 9.97. The van der Waals surface area contributed by atoms with E-state index in [1.165, 1.54) is 5.56 Å². The van der Waals surface area contributed by atoms with E-state index in [4.69, 9.17) is 0 Å². The predicted molar refractivity (Wildman–Crippen MR) is 77.0 cm³/mol. The third-order valence-electron chi connectivity index (χ3n) is 4.17. The van der Waals surface area contributed by atoms with Crippen LogP contribution in [0.1, 0.15) is 36.2 Å². The lowest BCUT2D eigenvalue weighted by molar-refractivity contribution is 0.255. The van der Waals surface area contributed by atoms with Crippen molar-refractivity contribution in [3.63, 3.8) is 0 Å². The molecule has 1 N–H and O–H groups in total. The van der Waals surface area contributed by atoms with Crippen molar-refractivity contribution in [2.45, 2.75) is 38.8 Å². The molecule has 2 heterocycles. The number of aromatic amines is 1. The third kappa shape index (κ3) is 2.75. The summed E-state index contributed by atoms with van der Waals surface area (Å²) in [4.78, 5) is 2.45. The minimum atomic E-state index is -0.163. The first kappa shape index (κ1) is 13.3. The summed E-state index contributed by atoms with van der Waals surface area (Å²) in [6.07, 6.45) is 1.12. The van der Waals surface area contributed by atoms with Gasteiger partial charge in [0.05, 0.1) is 5.69 Å². The fraction of sp³-hybridized carbons (Fsp3) is 0.438. The number of aryl methyl sites for hydroxylation is 1. The Hall–Kier alpha value is -1.68. The Kier molecular flexibility index (Phi) is 3.57. The van der Waals surface area contributed by atoms with Crippen LogP contribution in [0.25, 0.3) is 0 Å². The highest BCUT2D eigenvalue weighted by atomic mass is 19.1. The van der Waals surface area contributed by atoms with E-state index >= 15 is 0 Å². The number of likely N-dealkylation sites (tertiary alicyclic amines) is 1. The Morgan fingerprint density at radius 3 is 2.75 bits per heavy atom. The zero-order valence-corrected chi connectivity index (χ0v) is 11.9. The Balaban J connectivity index is 1.68. The molecule has 4 heteroatoms. The number of H-pyrrole nitrogens is 1. The molecule has 0 bridgehead atoms. The van der Waals surface area contributed by atoms with E-state index in [1.807, 2.05) is 19.1 Å². The molecule has 106 valence electrons. The maximum atomic E-state index is 13.0. The van der Waals surface area contributed by atoms with Crippen molar-refractivity contribution >= 4 is 0 Å². The van der Waals surface area contributed by atoms with Crippen molar-refractivity contribution < 1.29 is 4.39 Å². The average molecular weight is 273 g/mol. The first-order chi connectivity index (χ1) is 9.61. The molecule has 1 saturated heterocycles. The third-order valence-corrected chi connectivity index (χ3v) is 4.17. The SMILES string of the molecule is Cc1cc(CN2CC(c3ccc(F)cc3)CC2C)n[nH]1. The highest BCUT2D eigenvalue weighted by molar-refractivity contribution is 5.22. The van der Waals surface area contributed by atoms with Gasteiger partial charge in [-0.05, 0) is 49.9 Å². The van der Waals surface area contributed by atoms with Crippen molar-refractivity contribution in [1.82, 2.24) is 15.1 Å². The second-order valence-electron chi connectivity index (χ2n) is 5.80. The maximum Gasteiger partial charge on any atom is 0.123 e. The fourth-order valence-corrected chi connectivity index (χ4v) is 3.06. The monoisotopic (exact) mass is 273 g/mol. The summed E-state index contributed by atoms with van der Waals surface area (Å²) >= 11 is 0. The maximum absolute atomic E-state index is 13.0. The Labute approximate surface area is 118 Å². The molecule has 0 radical (unpaired) electrons. The largest absolute Gasteiger partial charge is 0.294 e. The smallest absolute Gasteiger partial charge is 0.123 e.